The second-order valence-corrected chi connectivity index (χ2v) is 12.0. The molecule has 2 aromatic carbocycles. The Balaban J connectivity index is 0.000000146. The molecule has 6 heterocycles. The molecule has 1 saturated carbocycles. The molecule has 4 N–H and O–H groups in total. The Morgan fingerprint density at radius 2 is 1.62 bits per heavy atom. The summed E-state index contributed by atoms with van der Waals surface area (Å²) >= 11 is 0. The third-order valence-electron chi connectivity index (χ3n) is 10.6. The highest BCUT2D eigenvalue weighted by Gasteiger charge is 2.76. The standard InChI is InChI=1S/C20H26N2O2.C10H8N2O3/c1-3-10-11-8-14-17-20(12-6-4-5-7-13(12)21(17)2)9-15(16(11)18(20)23)22(14)19(10)24;13-8-7(6-4-2-1-3-5-6)9(14)12-10(15)11-8/h4-7,10-11,14-19,23-24H,3,8-9H2,1-2H3;1-5,7H,(H2,11,12,13,14,15). The number of barbiturate groups is 1. The van der Waals surface area contributed by atoms with E-state index in [0.29, 0.717) is 41.4 Å². The predicted octanol–water partition coefficient (Wildman–Crippen LogP) is 1.69. The molecule has 0 radical (unpaired) electrons. The van der Waals surface area contributed by atoms with Gasteiger partial charge >= 0.3 is 6.03 Å². The van der Waals surface area contributed by atoms with Gasteiger partial charge in [0, 0.05) is 42.1 Å². The topological polar surface area (TPSA) is 122 Å². The first-order chi connectivity index (χ1) is 18.8. The van der Waals surface area contributed by atoms with Crippen LogP contribution in [0.3, 0.4) is 0 Å². The van der Waals surface area contributed by atoms with Gasteiger partial charge in [-0.25, -0.2) is 4.79 Å². The minimum Gasteiger partial charge on any atom is -0.392 e. The van der Waals surface area contributed by atoms with E-state index in [1.807, 2.05) is 10.6 Å². The molecule has 9 nitrogen and oxygen atoms in total. The summed E-state index contributed by atoms with van der Waals surface area (Å²) in [6, 6.07) is 17.5. The van der Waals surface area contributed by atoms with Gasteiger partial charge in [-0.3, -0.25) is 25.1 Å². The maximum absolute atomic E-state index is 11.6. The number of carbonyl (C=O) groups excluding carboxylic acids is 3. The normalized spacial score (nSPS) is 41.0. The fraction of sp³-hybridized carbons (Fsp3) is 0.500. The number of fused-ring (bicyclic) bond motifs is 2. The second kappa shape index (κ2) is 8.61. The Bertz CT molecular complexity index is 1330. The van der Waals surface area contributed by atoms with Crippen LogP contribution in [0.4, 0.5) is 10.5 Å². The van der Waals surface area contributed by atoms with E-state index in [2.05, 4.69) is 48.0 Å². The third kappa shape index (κ3) is 3.15. The van der Waals surface area contributed by atoms with Crippen molar-refractivity contribution in [2.24, 2.45) is 17.8 Å². The molecule has 10 atom stereocenters. The van der Waals surface area contributed by atoms with Crippen LogP contribution in [0.2, 0.25) is 0 Å². The van der Waals surface area contributed by atoms with E-state index in [9.17, 15) is 24.6 Å². The quantitative estimate of drug-likeness (QED) is 0.436. The summed E-state index contributed by atoms with van der Waals surface area (Å²) < 4.78 is 0. The third-order valence-corrected chi connectivity index (χ3v) is 10.6. The highest BCUT2D eigenvalue weighted by atomic mass is 16.3. The molecule has 39 heavy (non-hydrogen) atoms. The average Bonchev–Trinajstić information content (AvgIpc) is 3.31. The molecule has 6 aliphatic heterocycles. The fourth-order valence-electron chi connectivity index (χ4n) is 9.35. The molecule has 1 spiro atoms. The van der Waals surface area contributed by atoms with Crippen molar-refractivity contribution in [3.05, 3.63) is 65.7 Å². The molecule has 5 saturated heterocycles. The Morgan fingerprint density at radius 1 is 0.949 bits per heavy atom. The lowest BCUT2D eigenvalue weighted by Gasteiger charge is -2.62. The van der Waals surface area contributed by atoms with Crippen LogP contribution >= 0.6 is 0 Å². The zero-order valence-electron chi connectivity index (χ0n) is 22.0. The smallest absolute Gasteiger partial charge is 0.328 e. The van der Waals surface area contributed by atoms with E-state index in [1.54, 1.807) is 30.3 Å². The summed E-state index contributed by atoms with van der Waals surface area (Å²) in [5.74, 6) is -0.981. The summed E-state index contributed by atoms with van der Waals surface area (Å²) in [6.45, 7) is 2.19. The number of aliphatic hydroxyl groups excluding tert-OH is 2. The maximum atomic E-state index is 11.6. The van der Waals surface area contributed by atoms with Crippen LogP contribution in [-0.2, 0) is 15.0 Å². The molecule has 9 heteroatoms. The van der Waals surface area contributed by atoms with Crippen molar-refractivity contribution in [1.82, 2.24) is 15.5 Å². The number of amides is 4. The number of urea groups is 1. The molecular formula is C30H34N4O5. The van der Waals surface area contributed by atoms with E-state index >= 15 is 0 Å². The van der Waals surface area contributed by atoms with Crippen molar-refractivity contribution in [1.29, 1.82) is 0 Å². The number of hydrogen-bond donors (Lipinski definition) is 4. The monoisotopic (exact) mass is 530 g/mol. The molecular weight excluding hydrogens is 496 g/mol. The van der Waals surface area contributed by atoms with Crippen molar-refractivity contribution in [2.45, 2.75) is 68.0 Å². The first-order valence-corrected chi connectivity index (χ1v) is 14.0. The number of imide groups is 2. The number of piperidine rings is 4. The summed E-state index contributed by atoms with van der Waals surface area (Å²) in [6.07, 6.45) is 2.56. The number of nitrogens with zero attached hydrogens (tertiary/aromatic N) is 2. The molecule has 6 fully saturated rings. The summed E-state index contributed by atoms with van der Waals surface area (Å²) in [4.78, 5) is 38.5. The molecule has 4 amide bonds. The highest BCUT2D eigenvalue weighted by Crippen LogP contribution is 2.68. The number of hydrogen-bond acceptors (Lipinski definition) is 7. The number of rotatable bonds is 2. The van der Waals surface area contributed by atoms with Crippen molar-refractivity contribution in [3.8, 4) is 0 Å². The minimum atomic E-state index is -0.941. The van der Waals surface area contributed by atoms with Gasteiger partial charge in [-0.2, -0.15) is 0 Å². The van der Waals surface area contributed by atoms with Crippen LogP contribution in [0.25, 0.3) is 0 Å². The van der Waals surface area contributed by atoms with Gasteiger partial charge in [0.2, 0.25) is 11.8 Å². The van der Waals surface area contributed by atoms with Crippen molar-refractivity contribution in [3.63, 3.8) is 0 Å². The number of aliphatic hydroxyl groups is 2. The zero-order valence-corrected chi connectivity index (χ0v) is 22.0. The van der Waals surface area contributed by atoms with Crippen LogP contribution in [0.15, 0.2) is 54.6 Å². The summed E-state index contributed by atoms with van der Waals surface area (Å²) in [5, 5.41) is 26.7. The van der Waals surface area contributed by atoms with E-state index in [4.69, 9.17) is 0 Å². The van der Waals surface area contributed by atoms with Gasteiger partial charge in [0.25, 0.3) is 0 Å². The van der Waals surface area contributed by atoms with Gasteiger partial charge in [-0.15, -0.1) is 0 Å². The Hall–Kier alpha value is -3.27. The summed E-state index contributed by atoms with van der Waals surface area (Å²) in [5.41, 5.74) is 3.08. The van der Waals surface area contributed by atoms with Gasteiger partial charge in [-0.05, 0) is 42.4 Å². The Labute approximate surface area is 227 Å². The molecule has 5 bridgehead atoms. The number of benzene rings is 2. The first kappa shape index (κ1) is 24.7. The van der Waals surface area contributed by atoms with E-state index in [1.165, 1.54) is 11.3 Å². The molecule has 2 aromatic rings. The zero-order chi connectivity index (χ0) is 27.2. The lowest BCUT2D eigenvalue weighted by atomic mass is 9.62. The van der Waals surface area contributed by atoms with Crippen molar-refractivity contribution in [2.75, 3.05) is 11.9 Å². The predicted molar refractivity (Wildman–Crippen MR) is 143 cm³/mol. The molecule has 10 unspecified atom stereocenters. The van der Waals surface area contributed by atoms with Crippen LogP contribution in [-0.4, -0.2) is 70.5 Å². The van der Waals surface area contributed by atoms with Gasteiger partial charge in [0.05, 0.1) is 12.1 Å². The van der Waals surface area contributed by atoms with E-state index in [0.717, 1.165) is 19.3 Å². The van der Waals surface area contributed by atoms with Crippen LogP contribution in [0.5, 0.6) is 0 Å². The van der Waals surface area contributed by atoms with Gasteiger partial charge in [0.15, 0.2) is 0 Å². The molecule has 0 aromatic heterocycles. The van der Waals surface area contributed by atoms with Gasteiger partial charge in [0.1, 0.15) is 12.1 Å². The number of likely N-dealkylation sites (N-methyl/N-ethyl adjacent to an activating group) is 1. The Kier molecular flexibility index (Phi) is 5.47. The van der Waals surface area contributed by atoms with Crippen molar-refractivity contribution < 1.29 is 24.6 Å². The molecule has 9 rings (SSSR count). The van der Waals surface area contributed by atoms with Crippen LogP contribution < -0.4 is 15.5 Å². The second-order valence-electron chi connectivity index (χ2n) is 12.0. The first-order valence-electron chi connectivity index (χ1n) is 14.0. The lowest BCUT2D eigenvalue weighted by molar-refractivity contribution is -0.211. The van der Waals surface area contributed by atoms with Crippen molar-refractivity contribution >= 4 is 23.5 Å². The van der Waals surface area contributed by atoms with E-state index in [-0.39, 0.29) is 17.7 Å². The minimum absolute atomic E-state index is 0.126. The van der Waals surface area contributed by atoms with Gasteiger partial charge in [-0.1, -0.05) is 55.5 Å². The number of anilines is 1. The number of nitrogens with one attached hydrogen (secondary N) is 2. The van der Waals surface area contributed by atoms with Gasteiger partial charge < -0.3 is 15.1 Å². The largest absolute Gasteiger partial charge is 0.392 e. The molecule has 1 aliphatic carbocycles. The number of para-hydroxylation sites is 1. The lowest BCUT2D eigenvalue weighted by Crippen LogP contribution is -2.72. The van der Waals surface area contributed by atoms with E-state index < -0.39 is 23.8 Å². The summed E-state index contributed by atoms with van der Waals surface area (Å²) in [7, 11) is 2.19. The van der Waals surface area contributed by atoms with Crippen LogP contribution in [0.1, 0.15) is 43.2 Å². The van der Waals surface area contributed by atoms with Crippen LogP contribution in [0, 0.1) is 17.8 Å². The Morgan fingerprint density at radius 3 is 2.31 bits per heavy atom. The maximum Gasteiger partial charge on any atom is 0.328 e. The average molecular weight is 531 g/mol. The highest BCUT2D eigenvalue weighted by molar-refractivity contribution is 6.19. The SMILES string of the molecule is CCC1C2CC3C4N(C)c5ccccc5C45CC(C2C5O)N3C1O.O=C1NC(=O)C(c2ccccc2)C(=O)N1. The number of carbonyl (C=O) groups is 3. The fourth-order valence-corrected chi connectivity index (χ4v) is 9.35. The molecule has 204 valence electrons. The molecule has 7 aliphatic rings.